The summed E-state index contributed by atoms with van der Waals surface area (Å²) < 4.78 is 0. The van der Waals surface area contributed by atoms with Crippen LogP contribution in [0.1, 0.15) is 47.8 Å². The van der Waals surface area contributed by atoms with Crippen LogP contribution in [0.4, 0.5) is 0 Å². The maximum atomic E-state index is 12.5. The average molecular weight is 339 g/mol. The van der Waals surface area contributed by atoms with Crippen LogP contribution in [0.5, 0.6) is 0 Å². The molecule has 0 atom stereocenters. The predicted molar refractivity (Wildman–Crippen MR) is 96.1 cm³/mol. The Bertz CT molecular complexity index is 503. The molecule has 0 bridgehead atoms. The lowest BCUT2D eigenvalue weighted by molar-refractivity contribution is 0.0820. The quantitative estimate of drug-likeness (QED) is 0.893. The highest BCUT2D eigenvalue weighted by molar-refractivity contribution is 7.99. The van der Waals surface area contributed by atoms with Crippen molar-refractivity contribution in [2.45, 2.75) is 44.6 Å². The van der Waals surface area contributed by atoms with Gasteiger partial charge in [0.25, 0.3) is 5.91 Å². The van der Waals surface area contributed by atoms with E-state index in [1.165, 1.54) is 55.8 Å². The number of amides is 1. The third-order valence-electron chi connectivity index (χ3n) is 5.13. The molecule has 0 unspecified atom stereocenters. The van der Waals surface area contributed by atoms with Gasteiger partial charge < -0.3 is 5.32 Å². The summed E-state index contributed by atoms with van der Waals surface area (Å²) in [5.74, 6) is 2.60. The van der Waals surface area contributed by atoms with Gasteiger partial charge in [-0.3, -0.25) is 9.69 Å². The van der Waals surface area contributed by atoms with E-state index in [2.05, 4.69) is 35.0 Å². The molecule has 1 aromatic heterocycles. The van der Waals surface area contributed by atoms with Crippen LogP contribution in [-0.2, 0) is 6.42 Å². The fraction of sp³-hybridized carbons (Fsp3) is 0.706. The van der Waals surface area contributed by atoms with Crippen LogP contribution in [0, 0.1) is 0 Å². The van der Waals surface area contributed by atoms with Crippen molar-refractivity contribution in [3.05, 3.63) is 21.9 Å². The monoisotopic (exact) mass is 338 g/mol. The molecule has 1 aromatic rings. The van der Waals surface area contributed by atoms with Crippen molar-refractivity contribution < 1.29 is 4.79 Å². The molecule has 3 rings (SSSR count). The first-order chi connectivity index (χ1) is 10.7. The number of thioether (sulfide) groups is 1. The molecule has 2 aliphatic rings. The minimum absolute atomic E-state index is 0.129. The summed E-state index contributed by atoms with van der Waals surface area (Å²) in [7, 11) is 0. The molecule has 122 valence electrons. The molecule has 2 heterocycles. The van der Waals surface area contributed by atoms with Gasteiger partial charge in [0.2, 0.25) is 0 Å². The number of nitrogens with one attached hydrogen (secondary N) is 1. The Labute approximate surface area is 141 Å². The molecule has 0 aromatic carbocycles. The highest BCUT2D eigenvalue weighted by Crippen LogP contribution is 2.36. The summed E-state index contributed by atoms with van der Waals surface area (Å²) in [5.41, 5.74) is 1.40. The zero-order valence-corrected chi connectivity index (χ0v) is 15.0. The van der Waals surface area contributed by atoms with E-state index >= 15 is 0 Å². The van der Waals surface area contributed by atoms with Crippen molar-refractivity contribution >= 4 is 29.0 Å². The first-order valence-corrected chi connectivity index (χ1v) is 10.5. The van der Waals surface area contributed by atoms with E-state index in [4.69, 9.17) is 0 Å². The van der Waals surface area contributed by atoms with Crippen LogP contribution >= 0.6 is 23.1 Å². The lowest BCUT2D eigenvalue weighted by atomic mass is 9.94. The topological polar surface area (TPSA) is 32.3 Å². The fourth-order valence-corrected chi connectivity index (χ4v) is 5.63. The molecular formula is C17H26N2OS2. The number of nitrogens with zero attached hydrogens (tertiary/aromatic N) is 1. The van der Waals surface area contributed by atoms with E-state index in [0.29, 0.717) is 0 Å². The third kappa shape index (κ3) is 3.36. The Balaban J connectivity index is 1.65. The minimum Gasteiger partial charge on any atom is -0.349 e. The van der Waals surface area contributed by atoms with Crippen LogP contribution in [0.15, 0.2) is 11.4 Å². The summed E-state index contributed by atoms with van der Waals surface area (Å²) >= 11 is 3.63. The van der Waals surface area contributed by atoms with Gasteiger partial charge in [-0.2, -0.15) is 11.8 Å². The predicted octanol–water partition coefficient (Wildman–Crippen LogP) is 3.40. The van der Waals surface area contributed by atoms with Crippen LogP contribution in [0.3, 0.4) is 0 Å². The zero-order chi connectivity index (χ0) is 15.4. The summed E-state index contributed by atoms with van der Waals surface area (Å²) in [4.78, 5) is 16.1. The molecule has 0 spiro atoms. The van der Waals surface area contributed by atoms with E-state index in [0.717, 1.165) is 17.8 Å². The number of carbonyl (C=O) groups excluding carboxylic acids is 1. The highest BCUT2D eigenvalue weighted by Gasteiger charge is 2.40. The zero-order valence-electron chi connectivity index (χ0n) is 13.4. The van der Waals surface area contributed by atoms with Gasteiger partial charge in [0.15, 0.2) is 0 Å². The van der Waals surface area contributed by atoms with Crippen molar-refractivity contribution in [2.75, 3.05) is 31.1 Å². The fourth-order valence-electron chi connectivity index (χ4n) is 3.81. The molecule has 22 heavy (non-hydrogen) atoms. The standard InChI is InChI=1S/C17H26N2OS2/c1-2-14-5-10-22-15(14)16(20)18-13-17(6-3-4-7-17)19-8-11-21-12-9-19/h5,10H,2-4,6-9,11-13H2,1H3,(H,18,20). The van der Waals surface area contributed by atoms with Gasteiger partial charge in [0, 0.05) is 36.7 Å². The molecule has 1 amide bonds. The maximum absolute atomic E-state index is 12.5. The SMILES string of the molecule is CCc1ccsc1C(=O)NCC1(N2CCSCC2)CCCC1. The Morgan fingerprint density at radius 2 is 2.05 bits per heavy atom. The van der Waals surface area contributed by atoms with E-state index in [1.54, 1.807) is 11.3 Å². The molecule has 1 aliphatic heterocycles. The molecule has 0 radical (unpaired) electrons. The van der Waals surface area contributed by atoms with Crippen LogP contribution in [0.25, 0.3) is 0 Å². The van der Waals surface area contributed by atoms with Gasteiger partial charge in [0.1, 0.15) is 0 Å². The number of rotatable bonds is 5. The Kier molecular flexibility index (Phi) is 5.47. The van der Waals surface area contributed by atoms with E-state index in [1.807, 2.05) is 5.38 Å². The Hall–Kier alpha value is -0.520. The lowest BCUT2D eigenvalue weighted by Crippen LogP contribution is -2.56. The first kappa shape index (κ1) is 16.3. The molecule has 5 heteroatoms. The number of hydrogen-bond acceptors (Lipinski definition) is 4. The molecular weight excluding hydrogens is 312 g/mol. The van der Waals surface area contributed by atoms with Gasteiger partial charge in [-0.1, -0.05) is 19.8 Å². The second-order valence-electron chi connectivity index (χ2n) is 6.34. The van der Waals surface area contributed by atoms with Gasteiger partial charge in [-0.05, 0) is 36.3 Å². The summed E-state index contributed by atoms with van der Waals surface area (Å²) in [6.07, 6.45) is 6.02. The molecule has 1 N–H and O–H groups in total. The van der Waals surface area contributed by atoms with Gasteiger partial charge >= 0.3 is 0 Å². The molecule has 1 aliphatic carbocycles. The largest absolute Gasteiger partial charge is 0.349 e. The van der Waals surface area contributed by atoms with Gasteiger partial charge in [0.05, 0.1) is 4.88 Å². The van der Waals surface area contributed by atoms with Crippen LogP contribution in [-0.4, -0.2) is 47.5 Å². The van der Waals surface area contributed by atoms with Crippen molar-refractivity contribution in [3.8, 4) is 0 Å². The summed E-state index contributed by atoms with van der Waals surface area (Å²) in [6, 6.07) is 2.08. The first-order valence-electron chi connectivity index (χ1n) is 8.42. The Morgan fingerprint density at radius 1 is 1.32 bits per heavy atom. The molecule has 1 saturated carbocycles. The summed E-state index contributed by atoms with van der Waals surface area (Å²) in [6.45, 7) is 5.29. The van der Waals surface area contributed by atoms with E-state index in [-0.39, 0.29) is 11.4 Å². The number of hydrogen-bond donors (Lipinski definition) is 1. The molecule has 1 saturated heterocycles. The van der Waals surface area contributed by atoms with Crippen molar-refractivity contribution in [1.29, 1.82) is 0 Å². The second kappa shape index (κ2) is 7.37. The van der Waals surface area contributed by atoms with Crippen LogP contribution < -0.4 is 5.32 Å². The van der Waals surface area contributed by atoms with Gasteiger partial charge in [-0.25, -0.2) is 0 Å². The number of aryl methyl sites for hydroxylation is 1. The van der Waals surface area contributed by atoms with Crippen LogP contribution in [0.2, 0.25) is 0 Å². The van der Waals surface area contributed by atoms with Gasteiger partial charge in [-0.15, -0.1) is 11.3 Å². The highest BCUT2D eigenvalue weighted by atomic mass is 32.2. The van der Waals surface area contributed by atoms with E-state index in [9.17, 15) is 4.79 Å². The smallest absolute Gasteiger partial charge is 0.261 e. The normalized spacial score (nSPS) is 21.9. The second-order valence-corrected chi connectivity index (χ2v) is 8.48. The van der Waals surface area contributed by atoms with Crippen molar-refractivity contribution in [1.82, 2.24) is 10.2 Å². The van der Waals surface area contributed by atoms with Crippen molar-refractivity contribution in [2.24, 2.45) is 0 Å². The van der Waals surface area contributed by atoms with Crippen molar-refractivity contribution in [3.63, 3.8) is 0 Å². The van der Waals surface area contributed by atoms with E-state index < -0.39 is 0 Å². The lowest BCUT2D eigenvalue weighted by Gasteiger charge is -2.43. The summed E-state index contributed by atoms with van der Waals surface area (Å²) in [5, 5.41) is 5.29. The number of carbonyl (C=O) groups is 1. The third-order valence-corrected chi connectivity index (χ3v) is 7.03. The molecule has 3 nitrogen and oxygen atoms in total. The Morgan fingerprint density at radius 3 is 2.73 bits per heavy atom. The maximum Gasteiger partial charge on any atom is 0.261 e. The average Bonchev–Trinajstić information content (AvgIpc) is 3.23. The number of thiophene rings is 1. The minimum atomic E-state index is 0.129. The molecule has 2 fully saturated rings.